The summed E-state index contributed by atoms with van der Waals surface area (Å²) in [5.74, 6) is 1.49. The van der Waals surface area contributed by atoms with Crippen molar-refractivity contribution in [2.24, 2.45) is 0 Å². The van der Waals surface area contributed by atoms with Crippen molar-refractivity contribution in [1.82, 2.24) is 19.2 Å². The SMILES string of the molecule is C=C(C=CC)n1nc(OCC)c(C)c1NC(=O)Nc1c(-c2ccccc2)nc2ccccn12. The minimum atomic E-state index is -0.432. The molecule has 0 saturated carbocycles. The van der Waals surface area contributed by atoms with E-state index in [-0.39, 0.29) is 0 Å². The van der Waals surface area contributed by atoms with Crippen molar-refractivity contribution in [1.29, 1.82) is 0 Å². The summed E-state index contributed by atoms with van der Waals surface area (Å²) in [6.45, 7) is 10.1. The van der Waals surface area contributed by atoms with E-state index in [1.807, 2.05) is 92.1 Å². The average molecular weight is 443 g/mol. The molecule has 1 aromatic carbocycles. The van der Waals surface area contributed by atoms with Gasteiger partial charge < -0.3 is 4.74 Å². The van der Waals surface area contributed by atoms with Gasteiger partial charge in [0.15, 0.2) is 0 Å². The number of aromatic nitrogens is 4. The van der Waals surface area contributed by atoms with Crippen molar-refractivity contribution in [3.05, 3.63) is 79.0 Å². The summed E-state index contributed by atoms with van der Waals surface area (Å²) in [5.41, 5.74) is 3.61. The lowest BCUT2D eigenvalue weighted by Crippen LogP contribution is -2.23. The van der Waals surface area contributed by atoms with Crippen molar-refractivity contribution in [2.45, 2.75) is 20.8 Å². The molecule has 4 aromatic rings. The van der Waals surface area contributed by atoms with E-state index >= 15 is 0 Å². The fraction of sp³-hybridized carbons (Fsp3) is 0.160. The first-order valence-corrected chi connectivity index (χ1v) is 10.7. The molecule has 0 spiro atoms. The summed E-state index contributed by atoms with van der Waals surface area (Å²) >= 11 is 0. The number of amides is 2. The molecule has 2 amide bonds. The van der Waals surface area contributed by atoms with Crippen LogP contribution in [0.25, 0.3) is 22.6 Å². The minimum Gasteiger partial charge on any atom is -0.477 e. The monoisotopic (exact) mass is 442 g/mol. The number of urea groups is 1. The van der Waals surface area contributed by atoms with Crippen LogP contribution in [-0.2, 0) is 0 Å². The van der Waals surface area contributed by atoms with Gasteiger partial charge in [-0.1, -0.05) is 49.1 Å². The first kappa shape index (κ1) is 21.9. The zero-order valence-corrected chi connectivity index (χ0v) is 18.9. The lowest BCUT2D eigenvalue weighted by Gasteiger charge is -2.12. The molecular formula is C25H26N6O2. The van der Waals surface area contributed by atoms with Gasteiger partial charge in [-0.25, -0.2) is 14.5 Å². The summed E-state index contributed by atoms with van der Waals surface area (Å²) < 4.78 is 9.03. The molecule has 168 valence electrons. The summed E-state index contributed by atoms with van der Waals surface area (Å²) in [5, 5.41) is 10.3. The van der Waals surface area contributed by atoms with Gasteiger partial charge in [-0.05, 0) is 39.0 Å². The third-order valence-corrected chi connectivity index (χ3v) is 5.03. The van der Waals surface area contributed by atoms with Gasteiger partial charge in [0.2, 0.25) is 5.88 Å². The molecule has 4 rings (SSSR count). The Bertz CT molecular complexity index is 1330. The van der Waals surface area contributed by atoms with Crippen LogP contribution in [0.4, 0.5) is 16.4 Å². The fourth-order valence-corrected chi connectivity index (χ4v) is 3.53. The Morgan fingerprint density at radius 1 is 1.12 bits per heavy atom. The highest BCUT2D eigenvalue weighted by atomic mass is 16.5. The second kappa shape index (κ2) is 9.44. The van der Waals surface area contributed by atoms with Crippen LogP contribution in [0.1, 0.15) is 19.4 Å². The van der Waals surface area contributed by atoms with Crippen molar-refractivity contribution in [3.8, 4) is 17.1 Å². The predicted octanol–water partition coefficient (Wildman–Crippen LogP) is 5.60. The number of hydrogen-bond donors (Lipinski definition) is 2. The number of hydrogen-bond acceptors (Lipinski definition) is 4. The number of pyridine rings is 1. The van der Waals surface area contributed by atoms with Crippen LogP contribution in [0, 0.1) is 6.92 Å². The van der Waals surface area contributed by atoms with Gasteiger partial charge in [0.25, 0.3) is 0 Å². The van der Waals surface area contributed by atoms with Crippen molar-refractivity contribution in [3.63, 3.8) is 0 Å². The highest BCUT2D eigenvalue weighted by Gasteiger charge is 2.21. The Morgan fingerprint density at radius 3 is 2.58 bits per heavy atom. The molecule has 0 unspecified atom stereocenters. The molecule has 3 aromatic heterocycles. The van der Waals surface area contributed by atoms with Crippen molar-refractivity contribution < 1.29 is 9.53 Å². The van der Waals surface area contributed by atoms with Crippen LogP contribution in [0.3, 0.4) is 0 Å². The lowest BCUT2D eigenvalue weighted by molar-refractivity contribution is 0.262. The maximum absolute atomic E-state index is 13.2. The van der Waals surface area contributed by atoms with Gasteiger partial charge in [0, 0.05) is 11.8 Å². The van der Waals surface area contributed by atoms with Gasteiger partial charge in [0.05, 0.1) is 17.9 Å². The van der Waals surface area contributed by atoms with Crippen molar-refractivity contribution in [2.75, 3.05) is 17.2 Å². The zero-order valence-electron chi connectivity index (χ0n) is 18.9. The van der Waals surface area contributed by atoms with E-state index in [1.165, 1.54) is 0 Å². The molecule has 2 N–H and O–H groups in total. The quantitative estimate of drug-likeness (QED) is 0.365. The van der Waals surface area contributed by atoms with E-state index in [1.54, 1.807) is 4.68 Å². The number of carbonyl (C=O) groups excluding carboxylic acids is 1. The van der Waals surface area contributed by atoms with Crippen molar-refractivity contribution >= 4 is 29.0 Å². The molecule has 8 heteroatoms. The van der Waals surface area contributed by atoms with E-state index in [4.69, 9.17) is 9.72 Å². The fourth-order valence-electron chi connectivity index (χ4n) is 3.53. The van der Waals surface area contributed by atoms with E-state index < -0.39 is 6.03 Å². The highest BCUT2D eigenvalue weighted by Crippen LogP contribution is 2.30. The summed E-state index contributed by atoms with van der Waals surface area (Å²) in [4.78, 5) is 17.9. The van der Waals surface area contributed by atoms with Crippen LogP contribution in [0.2, 0.25) is 0 Å². The Kier molecular flexibility index (Phi) is 6.26. The van der Waals surface area contributed by atoms with Crippen LogP contribution < -0.4 is 15.4 Å². The van der Waals surface area contributed by atoms with Gasteiger partial charge in [0.1, 0.15) is 23.0 Å². The third kappa shape index (κ3) is 4.36. The predicted molar refractivity (Wildman–Crippen MR) is 132 cm³/mol. The number of ether oxygens (including phenoxy) is 1. The van der Waals surface area contributed by atoms with Gasteiger partial charge >= 0.3 is 6.03 Å². The Hall–Kier alpha value is -4.33. The first-order valence-electron chi connectivity index (χ1n) is 10.7. The van der Waals surface area contributed by atoms with E-state index in [0.717, 1.165) is 11.2 Å². The smallest absolute Gasteiger partial charge is 0.326 e. The number of nitrogens with zero attached hydrogens (tertiary/aromatic N) is 4. The Morgan fingerprint density at radius 2 is 1.85 bits per heavy atom. The number of anilines is 2. The highest BCUT2D eigenvalue weighted by molar-refractivity contribution is 6.02. The maximum Gasteiger partial charge on any atom is 0.326 e. The molecule has 0 aliphatic carbocycles. The zero-order chi connectivity index (χ0) is 23.4. The van der Waals surface area contributed by atoms with Crippen LogP contribution >= 0.6 is 0 Å². The summed E-state index contributed by atoms with van der Waals surface area (Å²) in [6, 6.07) is 15.0. The molecule has 33 heavy (non-hydrogen) atoms. The van der Waals surface area contributed by atoms with Crippen LogP contribution in [0.15, 0.2) is 73.5 Å². The lowest BCUT2D eigenvalue weighted by atomic mass is 10.1. The standard InChI is InChI=1S/C25H26N6O2/c1-5-12-17(3)31-22(18(4)24(29-31)33-6-2)27-25(32)28-23-21(19-13-8-7-9-14-19)26-20-15-10-11-16-30(20)23/h5,7-16H,3,6H2,1-2,4H3,(H2,27,28,32). The number of fused-ring (bicyclic) bond motifs is 1. The molecule has 3 heterocycles. The molecule has 0 aliphatic heterocycles. The summed E-state index contributed by atoms with van der Waals surface area (Å²) in [7, 11) is 0. The average Bonchev–Trinajstić information content (AvgIpc) is 3.33. The van der Waals surface area contributed by atoms with Crippen LogP contribution in [-0.4, -0.2) is 31.8 Å². The molecule has 0 fully saturated rings. The van der Waals surface area contributed by atoms with Gasteiger partial charge in [-0.2, -0.15) is 0 Å². The number of benzene rings is 1. The first-order chi connectivity index (χ1) is 16.0. The number of nitrogens with one attached hydrogen (secondary N) is 2. The van der Waals surface area contributed by atoms with Gasteiger partial charge in [-0.3, -0.25) is 15.0 Å². The topological polar surface area (TPSA) is 85.5 Å². The number of carbonyl (C=O) groups is 1. The molecule has 0 atom stereocenters. The van der Waals surface area contributed by atoms with E-state index in [9.17, 15) is 4.79 Å². The molecule has 8 nitrogen and oxygen atoms in total. The van der Waals surface area contributed by atoms with Crippen LogP contribution in [0.5, 0.6) is 5.88 Å². The molecule has 0 radical (unpaired) electrons. The van der Waals surface area contributed by atoms with E-state index in [0.29, 0.717) is 41.1 Å². The van der Waals surface area contributed by atoms with E-state index in [2.05, 4.69) is 22.3 Å². The van der Waals surface area contributed by atoms with Gasteiger partial charge in [-0.15, -0.1) is 5.10 Å². The molecule has 0 saturated heterocycles. The molecule has 0 bridgehead atoms. The normalized spacial score (nSPS) is 11.1. The number of allylic oxidation sites excluding steroid dienone is 3. The molecule has 0 aliphatic rings. The molecular weight excluding hydrogens is 416 g/mol. The summed E-state index contributed by atoms with van der Waals surface area (Å²) in [6.07, 6.45) is 5.53. The number of imidazole rings is 1. The Labute approximate surface area is 192 Å². The maximum atomic E-state index is 13.2. The third-order valence-electron chi connectivity index (χ3n) is 5.03. The minimum absolute atomic E-state index is 0.432. The Balaban J connectivity index is 1.70. The second-order valence-electron chi connectivity index (χ2n) is 7.30. The second-order valence-corrected chi connectivity index (χ2v) is 7.30. The largest absolute Gasteiger partial charge is 0.477 e. The number of rotatable bonds is 7.